The van der Waals surface area contributed by atoms with Crippen molar-refractivity contribution >= 4 is 15.9 Å². The van der Waals surface area contributed by atoms with Crippen LogP contribution in [0, 0.1) is 17.8 Å². The Kier molecular flexibility index (Phi) is 2.84. The van der Waals surface area contributed by atoms with Gasteiger partial charge in [-0.3, -0.25) is 0 Å². The molecule has 14 heavy (non-hydrogen) atoms. The quantitative estimate of drug-likeness (QED) is 0.629. The first kappa shape index (κ1) is 10.8. The predicted molar refractivity (Wildman–Crippen MR) is 52.3 cm³/mol. The van der Waals surface area contributed by atoms with Gasteiger partial charge >= 0.3 is 6.18 Å². The molecule has 3 atom stereocenters. The summed E-state index contributed by atoms with van der Waals surface area (Å²) < 4.78 is 38.1. The summed E-state index contributed by atoms with van der Waals surface area (Å²) >= 11 is 3.45. The van der Waals surface area contributed by atoms with Crippen LogP contribution < -0.4 is 0 Å². The summed E-state index contributed by atoms with van der Waals surface area (Å²) in [6.45, 7) is 0. The molecule has 0 aromatic carbocycles. The molecule has 82 valence electrons. The van der Waals surface area contributed by atoms with E-state index in [-0.39, 0.29) is 5.92 Å². The van der Waals surface area contributed by atoms with Crippen molar-refractivity contribution in [2.24, 2.45) is 17.8 Å². The Bertz CT molecular complexity index is 210. The van der Waals surface area contributed by atoms with Gasteiger partial charge in [0, 0.05) is 4.83 Å². The minimum atomic E-state index is -3.97. The molecule has 0 nitrogen and oxygen atoms in total. The third kappa shape index (κ3) is 2.26. The van der Waals surface area contributed by atoms with Gasteiger partial charge in [-0.15, -0.1) is 0 Å². The van der Waals surface area contributed by atoms with Crippen molar-refractivity contribution in [3.8, 4) is 0 Å². The van der Waals surface area contributed by atoms with Crippen molar-refractivity contribution in [3.05, 3.63) is 0 Å². The number of hydrogen-bond acceptors (Lipinski definition) is 0. The molecule has 3 unspecified atom stereocenters. The third-order valence-electron chi connectivity index (χ3n) is 3.48. The molecule has 0 aliphatic heterocycles. The molecule has 2 fully saturated rings. The van der Waals surface area contributed by atoms with Crippen LogP contribution in [-0.4, -0.2) is 11.0 Å². The monoisotopic (exact) mass is 270 g/mol. The molecule has 0 saturated heterocycles. The minimum absolute atomic E-state index is 0.104. The average Bonchev–Trinajstić information content (AvgIpc) is 2.83. The SMILES string of the molecule is FC(F)(F)C1CCC(Br)CC1C1CC1. The van der Waals surface area contributed by atoms with Gasteiger partial charge in [0.25, 0.3) is 0 Å². The zero-order valence-electron chi connectivity index (χ0n) is 7.86. The van der Waals surface area contributed by atoms with Gasteiger partial charge in [-0.2, -0.15) is 13.2 Å². The number of rotatable bonds is 1. The van der Waals surface area contributed by atoms with E-state index in [4.69, 9.17) is 0 Å². The fourth-order valence-corrected chi connectivity index (χ4v) is 3.30. The first-order valence-corrected chi connectivity index (χ1v) is 6.11. The van der Waals surface area contributed by atoms with E-state index in [9.17, 15) is 13.2 Å². The Morgan fingerprint density at radius 1 is 1.00 bits per heavy atom. The summed E-state index contributed by atoms with van der Waals surface area (Å²) in [5.74, 6) is -0.765. The molecular weight excluding hydrogens is 257 g/mol. The lowest BCUT2D eigenvalue weighted by Crippen LogP contribution is -2.36. The molecule has 4 heteroatoms. The fraction of sp³-hybridized carbons (Fsp3) is 1.00. The van der Waals surface area contributed by atoms with E-state index in [0.29, 0.717) is 23.6 Å². The van der Waals surface area contributed by atoms with E-state index in [1.165, 1.54) is 0 Å². The molecule has 2 aliphatic rings. The van der Waals surface area contributed by atoms with Crippen LogP contribution in [-0.2, 0) is 0 Å². The molecule has 2 rings (SSSR count). The van der Waals surface area contributed by atoms with Gasteiger partial charge < -0.3 is 0 Å². The zero-order valence-corrected chi connectivity index (χ0v) is 9.44. The van der Waals surface area contributed by atoms with E-state index < -0.39 is 12.1 Å². The molecule has 0 N–H and O–H groups in total. The zero-order chi connectivity index (χ0) is 10.3. The molecule has 0 radical (unpaired) electrons. The summed E-state index contributed by atoms with van der Waals surface area (Å²) in [6.07, 6.45) is -0.239. The minimum Gasteiger partial charge on any atom is -0.171 e. The van der Waals surface area contributed by atoms with E-state index in [2.05, 4.69) is 15.9 Å². The van der Waals surface area contributed by atoms with E-state index >= 15 is 0 Å². The molecule has 0 aromatic heterocycles. The highest BCUT2D eigenvalue weighted by atomic mass is 79.9. The molecule has 0 bridgehead atoms. The van der Waals surface area contributed by atoms with Gasteiger partial charge in [0.2, 0.25) is 0 Å². The van der Waals surface area contributed by atoms with Crippen LogP contribution in [0.2, 0.25) is 0 Å². The van der Waals surface area contributed by atoms with Crippen LogP contribution >= 0.6 is 15.9 Å². The molecule has 0 spiro atoms. The van der Waals surface area contributed by atoms with Gasteiger partial charge in [-0.05, 0) is 43.9 Å². The number of halogens is 4. The van der Waals surface area contributed by atoms with Crippen molar-refractivity contribution in [1.82, 2.24) is 0 Å². The lowest BCUT2D eigenvalue weighted by molar-refractivity contribution is -0.197. The summed E-state index contributed by atoms with van der Waals surface area (Å²) in [6, 6.07) is 0. The Balaban J connectivity index is 2.06. The number of hydrogen-bond donors (Lipinski definition) is 0. The average molecular weight is 271 g/mol. The molecule has 2 aliphatic carbocycles. The lowest BCUT2D eigenvalue weighted by atomic mass is 9.76. The molecule has 2 saturated carbocycles. The third-order valence-corrected chi connectivity index (χ3v) is 4.32. The van der Waals surface area contributed by atoms with E-state index in [0.717, 1.165) is 19.3 Å². The maximum atomic E-state index is 12.7. The lowest BCUT2D eigenvalue weighted by Gasteiger charge is -2.35. The van der Waals surface area contributed by atoms with Crippen LogP contribution in [0.25, 0.3) is 0 Å². The standard InChI is InChI=1S/C10H14BrF3/c11-7-3-4-9(10(12,13)14)8(5-7)6-1-2-6/h6-9H,1-5H2. The van der Waals surface area contributed by atoms with Gasteiger partial charge in [0.15, 0.2) is 0 Å². The van der Waals surface area contributed by atoms with Crippen LogP contribution in [0.3, 0.4) is 0 Å². The van der Waals surface area contributed by atoms with Crippen LogP contribution in [0.5, 0.6) is 0 Å². The maximum absolute atomic E-state index is 12.7. The van der Waals surface area contributed by atoms with Crippen molar-refractivity contribution in [3.63, 3.8) is 0 Å². The topological polar surface area (TPSA) is 0 Å². The number of alkyl halides is 4. The predicted octanol–water partition coefficient (Wildman–Crippen LogP) is 4.14. The first-order valence-electron chi connectivity index (χ1n) is 5.19. The Morgan fingerprint density at radius 3 is 2.14 bits per heavy atom. The molecule has 0 amide bonds. The van der Waals surface area contributed by atoms with E-state index in [1.807, 2.05) is 0 Å². The summed E-state index contributed by atoms with van der Waals surface area (Å²) in [7, 11) is 0. The van der Waals surface area contributed by atoms with Gasteiger partial charge in [0.05, 0.1) is 5.92 Å². The first-order chi connectivity index (χ1) is 6.48. The smallest absolute Gasteiger partial charge is 0.171 e. The second kappa shape index (κ2) is 3.69. The fourth-order valence-electron chi connectivity index (χ4n) is 2.60. The summed E-state index contributed by atoms with van der Waals surface area (Å²) in [4.78, 5) is 0.312. The maximum Gasteiger partial charge on any atom is 0.392 e. The normalized spacial score (nSPS) is 39.9. The van der Waals surface area contributed by atoms with Crippen LogP contribution in [0.15, 0.2) is 0 Å². The second-order valence-corrected chi connectivity index (χ2v) is 5.85. The highest BCUT2D eigenvalue weighted by molar-refractivity contribution is 9.09. The highest BCUT2D eigenvalue weighted by Gasteiger charge is 2.51. The largest absolute Gasteiger partial charge is 0.392 e. The van der Waals surface area contributed by atoms with Crippen molar-refractivity contribution < 1.29 is 13.2 Å². The molecule has 0 aromatic rings. The molecule has 0 heterocycles. The van der Waals surface area contributed by atoms with Crippen molar-refractivity contribution in [2.45, 2.75) is 43.1 Å². The summed E-state index contributed by atoms with van der Waals surface area (Å²) in [5, 5.41) is 0. The Morgan fingerprint density at radius 2 is 1.64 bits per heavy atom. The highest BCUT2D eigenvalue weighted by Crippen LogP contribution is 2.52. The Labute approximate surface area is 90.4 Å². The van der Waals surface area contributed by atoms with Crippen LogP contribution in [0.4, 0.5) is 13.2 Å². The second-order valence-electron chi connectivity index (χ2n) is 4.56. The van der Waals surface area contributed by atoms with Gasteiger partial charge in [0.1, 0.15) is 0 Å². The molecular formula is C10H14BrF3. The van der Waals surface area contributed by atoms with Crippen molar-refractivity contribution in [2.75, 3.05) is 0 Å². The van der Waals surface area contributed by atoms with Gasteiger partial charge in [-0.25, -0.2) is 0 Å². The summed E-state index contributed by atoms with van der Waals surface area (Å²) in [5.41, 5.74) is 0. The van der Waals surface area contributed by atoms with Crippen LogP contribution in [0.1, 0.15) is 32.1 Å². The Hall–Kier alpha value is 0.270. The van der Waals surface area contributed by atoms with Crippen molar-refractivity contribution in [1.29, 1.82) is 0 Å². The van der Waals surface area contributed by atoms with Gasteiger partial charge in [-0.1, -0.05) is 15.9 Å². The van der Waals surface area contributed by atoms with E-state index in [1.54, 1.807) is 0 Å².